The Morgan fingerprint density at radius 2 is 1.85 bits per heavy atom. The molecule has 1 aromatic carbocycles. The quantitative estimate of drug-likeness (QED) is 0.800. The molecule has 1 aromatic heterocycles. The first-order valence-electron chi connectivity index (χ1n) is 7.58. The van der Waals surface area contributed by atoms with Crippen LogP contribution in [-0.2, 0) is 18.9 Å². The third kappa shape index (κ3) is 2.74. The molecule has 0 saturated heterocycles. The predicted molar refractivity (Wildman–Crippen MR) is 98.6 cm³/mol. The minimum absolute atomic E-state index is 0.135. The molecule has 1 aliphatic rings. The van der Waals surface area contributed by atoms with Crippen LogP contribution >= 0.6 is 11.6 Å². The number of nitrogens with zero attached hydrogens (tertiary/aromatic N) is 4. The van der Waals surface area contributed by atoms with E-state index in [-0.39, 0.29) is 11.1 Å². The van der Waals surface area contributed by atoms with Crippen LogP contribution in [-0.4, -0.2) is 25.9 Å². The zero-order valence-electron chi connectivity index (χ0n) is 14.2. The number of rotatable bonds is 2. The summed E-state index contributed by atoms with van der Waals surface area (Å²) in [5, 5.41) is 16.0. The number of hydrogen-bond acceptors (Lipinski definition) is 5. The van der Waals surface area contributed by atoms with E-state index in [2.05, 4.69) is 5.10 Å². The van der Waals surface area contributed by atoms with Gasteiger partial charge in [0.2, 0.25) is 5.88 Å². The zero-order chi connectivity index (χ0) is 19.2. The van der Waals surface area contributed by atoms with Crippen molar-refractivity contribution in [2.45, 2.75) is 6.92 Å². The molecule has 0 unspecified atom stereocenters. The van der Waals surface area contributed by atoms with Crippen molar-refractivity contribution < 1.29 is 9.90 Å². The molecule has 9 heteroatoms. The third-order valence-electron chi connectivity index (χ3n) is 4.07. The SMILES string of the molecule is CC1=NN(c2cccc(Cl)c2)C(=O)/C1=C/c1c(O)n(C)c(=O)n(C)c1=O. The van der Waals surface area contributed by atoms with Crippen LogP contribution in [0.15, 0.2) is 44.5 Å². The van der Waals surface area contributed by atoms with E-state index in [1.54, 1.807) is 31.2 Å². The first-order valence-corrected chi connectivity index (χ1v) is 7.96. The summed E-state index contributed by atoms with van der Waals surface area (Å²) in [6.07, 6.45) is 1.24. The van der Waals surface area contributed by atoms with Gasteiger partial charge in [0.25, 0.3) is 11.5 Å². The van der Waals surface area contributed by atoms with E-state index in [9.17, 15) is 19.5 Å². The summed E-state index contributed by atoms with van der Waals surface area (Å²) in [4.78, 5) is 36.9. The minimum atomic E-state index is -0.708. The van der Waals surface area contributed by atoms with Crippen molar-refractivity contribution in [1.29, 1.82) is 0 Å². The molecule has 1 amide bonds. The first-order chi connectivity index (χ1) is 12.2. The summed E-state index contributed by atoms with van der Waals surface area (Å²) >= 11 is 5.95. The van der Waals surface area contributed by atoms with Crippen molar-refractivity contribution in [3.8, 4) is 5.88 Å². The van der Waals surface area contributed by atoms with Crippen LogP contribution in [0.4, 0.5) is 5.69 Å². The van der Waals surface area contributed by atoms with Crippen LogP contribution < -0.4 is 16.3 Å². The lowest BCUT2D eigenvalue weighted by atomic mass is 10.1. The maximum absolute atomic E-state index is 12.7. The number of carbonyl (C=O) groups is 1. The third-order valence-corrected chi connectivity index (χ3v) is 4.31. The number of anilines is 1. The Kier molecular flexibility index (Phi) is 4.29. The maximum atomic E-state index is 12.7. The van der Waals surface area contributed by atoms with Gasteiger partial charge < -0.3 is 5.11 Å². The molecule has 8 nitrogen and oxygen atoms in total. The molecule has 0 spiro atoms. The molecule has 3 rings (SSSR count). The number of aromatic hydroxyl groups is 1. The summed E-state index contributed by atoms with van der Waals surface area (Å²) < 4.78 is 1.78. The van der Waals surface area contributed by atoms with Gasteiger partial charge in [-0.2, -0.15) is 10.1 Å². The summed E-state index contributed by atoms with van der Waals surface area (Å²) in [5.74, 6) is -0.993. The monoisotopic (exact) mass is 374 g/mol. The van der Waals surface area contributed by atoms with Gasteiger partial charge >= 0.3 is 5.69 Å². The Hall–Kier alpha value is -3.13. The molecule has 2 heterocycles. The van der Waals surface area contributed by atoms with Gasteiger partial charge in [0.05, 0.1) is 17.0 Å². The van der Waals surface area contributed by atoms with Crippen LogP contribution in [0.3, 0.4) is 0 Å². The molecule has 0 atom stereocenters. The van der Waals surface area contributed by atoms with E-state index >= 15 is 0 Å². The second-order valence-electron chi connectivity index (χ2n) is 5.78. The number of benzene rings is 1. The Morgan fingerprint density at radius 3 is 2.50 bits per heavy atom. The Morgan fingerprint density at radius 1 is 1.15 bits per heavy atom. The van der Waals surface area contributed by atoms with Gasteiger partial charge in [-0.15, -0.1) is 0 Å². The number of hydrazone groups is 1. The van der Waals surface area contributed by atoms with Crippen LogP contribution in [0.5, 0.6) is 5.88 Å². The number of carbonyl (C=O) groups excluding carboxylic acids is 1. The summed E-state index contributed by atoms with van der Waals surface area (Å²) in [5.41, 5.74) is -0.567. The number of amides is 1. The highest BCUT2D eigenvalue weighted by Crippen LogP contribution is 2.27. The molecule has 0 aliphatic carbocycles. The van der Waals surface area contributed by atoms with Gasteiger partial charge in [-0.05, 0) is 31.2 Å². The van der Waals surface area contributed by atoms with Crippen molar-refractivity contribution in [3.63, 3.8) is 0 Å². The molecule has 26 heavy (non-hydrogen) atoms. The van der Waals surface area contributed by atoms with E-state index in [0.29, 0.717) is 16.4 Å². The van der Waals surface area contributed by atoms with Gasteiger partial charge in [-0.3, -0.25) is 18.7 Å². The highest BCUT2D eigenvalue weighted by Gasteiger charge is 2.30. The van der Waals surface area contributed by atoms with Gasteiger partial charge in [0, 0.05) is 19.1 Å². The van der Waals surface area contributed by atoms with Crippen LogP contribution in [0, 0.1) is 0 Å². The molecule has 0 saturated carbocycles. The molecule has 134 valence electrons. The highest BCUT2D eigenvalue weighted by molar-refractivity contribution is 6.33. The lowest BCUT2D eigenvalue weighted by Gasteiger charge is -2.12. The molecular weight excluding hydrogens is 360 g/mol. The fourth-order valence-electron chi connectivity index (χ4n) is 2.60. The average molecular weight is 375 g/mol. The molecule has 1 aliphatic heterocycles. The van der Waals surface area contributed by atoms with Gasteiger partial charge in [0.15, 0.2) is 0 Å². The largest absolute Gasteiger partial charge is 0.494 e. The Labute approximate surface area is 152 Å². The summed E-state index contributed by atoms with van der Waals surface area (Å²) in [6.45, 7) is 1.61. The predicted octanol–water partition coefficient (Wildman–Crippen LogP) is 1.25. The van der Waals surface area contributed by atoms with Crippen molar-refractivity contribution in [2.24, 2.45) is 19.2 Å². The summed E-state index contributed by atoms with van der Waals surface area (Å²) in [7, 11) is 2.62. The van der Waals surface area contributed by atoms with Crippen LogP contribution in [0.1, 0.15) is 12.5 Å². The Balaban J connectivity index is 2.13. The fraction of sp³-hybridized carbons (Fsp3) is 0.176. The molecule has 2 aromatic rings. The van der Waals surface area contributed by atoms with E-state index in [1.165, 1.54) is 20.2 Å². The number of hydrogen-bond donors (Lipinski definition) is 1. The van der Waals surface area contributed by atoms with Gasteiger partial charge in [-0.25, -0.2) is 4.79 Å². The van der Waals surface area contributed by atoms with E-state index in [0.717, 1.165) is 14.1 Å². The van der Waals surface area contributed by atoms with E-state index in [1.807, 2.05) is 0 Å². The Bertz CT molecular complexity index is 1110. The minimum Gasteiger partial charge on any atom is -0.494 e. The van der Waals surface area contributed by atoms with Crippen molar-refractivity contribution in [3.05, 3.63) is 61.3 Å². The molecular formula is C17H15ClN4O4. The van der Waals surface area contributed by atoms with Crippen molar-refractivity contribution in [2.75, 3.05) is 5.01 Å². The van der Waals surface area contributed by atoms with Crippen molar-refractivity contribution >= 4 is 35.0 Å². The van der Waals surface area contributed by atoms with Gasteiger partial charge in [-0.1, -0.05) is 17.7 Å². The number of aromatic nitrogens is 2. The van der Waals surface area contributed by atoms with E-state index in [4.69, 9.17) is 11.6 Å². The zero-order valence-corrected chi connectivity index (χ0v) is 15.0. The topological polar surface area (TPSA) is 96.9 Å². The average Bonchev–Trinajstić information content (AvgIpc) is 2.89. The van der Waals surface area contributed by atoms with E-state index < -0.39 is 23.0 Å². The maximum Gasteiger partial charge on any atom is 0.333 e. The van der Waals surface area contributed by atoms with Crippen molar-refractivity contribution in [1.82, 2.24) is 9.13 Å². The second-order valence-corrected chi connectivity index (χ2v) is 6.22. The first kappa shape index (κ1) is 17.7. The molecule has 0 radical (unpaired) electrons. The summed E-state index contributed by atoms with van der Waals surface area (Å²) in [6, 6.07) is 6.62. The molecule has 1 N–H and O–H groups in total. The fourth-order valence-corrected chi connectivity index (χ4v) is 2.78. The smallest absolute Gasteiger partial charge is 0.333 e. The number of halogens is 1. The van der Waals surface area contributed by atoms with Crippen LogP contribution in [0.25, 0.3) is 6.08 Å². The normalized spacial score (nSPS) is 15.7. The van der Waals surface area contributed by atoms with Gasteiger partial charge in [0.1, 0.15) is 5.56 Å². The lowest BCUT2D eigenvalue weighted by Crippen LogP contribution is -2.38. The molecule has 0 bridgehead atoms. The van der Waals surface area contributed by atoms with Crippen LogP contribution in [0.2, 0.25) is 5.02 Å². The standard InChI is InChI=1S/C17H15ClN4O4/c1-9-12(8-13-14(23)20(2)17(26)21(3)15(13)24)16(25)22(19-9)11-6-4-5-10(18)7-11/h4-8,23H,1-3H3/b12-8+. The molecule has 0 fully saturated rings. The lowest BCUT2D eigenvalue weighted by molar-refractivity contribution is -0.114. The highest BCUT2D eigenvalue weighted by atomic mass is 35.5. The second kappa shape index (κ2) is 6.30.